The average Bonchev–Trinajstić information content (AvgIpc) is 2.48. The van der Waals surface area contributed by atoms with E-state index < -0.39 is 11.7 Å². The normalized spacial score (nSPS) is 11.1. The van der Waals surface area contributed by atoms with Gasteiger partial charge in [0.05, 0.1) is 12.8 Å². The van der Waals surface area contributed by atoms with Crippen molar-refractivity contribution in [3.05, 3.63) is 55.1 Å². The van der Waals surface area contributed by atoms with Crippen molar-refractivity contribution in [2.45, 2.75) is 26.4 Å². The molecule has 5 nitrogen and oxygen atoms in total. The van der Waals surface area contributed by atoms with Crippen LogP contribution >= 0.6 is 0 Å². The van der Waals surface area contributed by atoms with Crippen LogP contribution in [0.25, 0.3) is 0 Å². The van der Waals surface area contributed by atoms with Gasteiger partial charge in [-0.25, -0.2) is 4.79 Å². The topological polar surface area (TPSA) is 51.1 Å². The second kappa shape index (κ2) is 8.78. The summed E-state index contributed by atoms with van der Waals surface area (Å²) in [5, 5.41) is 5.40. The highest BCUT2D eigenvalue weighted by atomic mass is 16.6. The third-order valence-corrected chi connectivity index (χ3v) is 2.52. The van der Waals surface area contributed by atoms with Crippen molar-refractivity contribution in [2.24, 2.45) is 5.10 Å². The number of nitrogens with zero attached hydrogens (tertiary/aromatic N) is 2. The number of benzene rings is 1. The van der Waals surface area contributed by atoms with Crippen LogP contribution in [0, 0.1) is 0 Å². The Kier molecular flexibility index (Phi) is 7.06. The second-order valence-corrected chi connectivity index (χ2v) is 5.73. The molecule has 0 atom stereocenters. The van der Waals surface area contributed by atoms with E-state index >= 15 is 0 Å². The van der Waals surface area contributed by atoms with Crippen molar-refractivity contribution < 1.29 is 14.3 Å². The third-order valence-electron chi connectivity index (χ3n) is 2.52. The van der Waals surface area contributed by atoms with E-state index in [1.165, 1.54) is 5.01 Å². The van der Waals surface area contributed by atoms with Crippen LogP contribution in [0.2, 0.25) is 0 Å². The summed E-state index contributed by atoms with van der Waals surface area (Å²) in [6, 6.07) is 7.41. The molecule has 1 amide bonds. The van der Waals surface area contributed by atoms with Gasteiger partial charge >= 0.3 is 6.09 Å². The fourth-order valence-electron chi connectivity index (χ4n) is 1.60. The first kappa shape index (κ1) is 18.5. The van der Waals surface area contributed by atoms with E-state index in [0.29, 0.717) is 12.4 Å². The van der Waals surface area contributed by atoms with E-state index in [-0.39, 0.29) is 6.54 Å². The molecule has 1 aromatic carbocycles. The molecule has 5 heteroatoms. The molecule has 0 aliphatic carbocycles. The van der Waals surface area contributed by atoms with Crippen LogP contribution in [-0.4, -0.2) is 36.1 Å². The van der Waals surface area contributed by atoms with Crippen LogP contribution < -0.4 is 4.74 Å². The SMILES string of the molecule is C=CCOc1ccccc1/C=N/N(CC=C)C(=O)OC(C)(C)C. The molecular weight excluding hydrogens is 292 g/mol. The predicted octanol–water partition coefficient (Wildman–Crippen LogP) is 4.01. The molecule has 124 valence electrons. The zero-order valence-electron chi connectivity index (χ0n) is 14.0. The highest BCUT2D eigenvalue weighted by Crippen LogP contribution is 2.16. The van der Waals surface area contributed by atoms with Crippen molar-refractivity contribution in [1.29, 1.82) is 0 Å². The van der Waals surface area contributed by atoms with Gasteiger partial charge in [-0.1, -0.05) is 30.9 Å². The zero-order chi connectivity index (χ0) is 17.3. The Balaban J connectivity index is 2.91. The van der Waals surface area contributed by atoms with Crippen molar-refractivity contribution >= 4 is 12.3 Å². The van der Waals surface area contributed by atoms with Gasteiger partial charge in [0.2, 0.25) is 0 Å². The van der Waals surface area contributed by atoms with Gasteiger partial charge in [0.15, 0.2) is 0 Å². The van der Waals surface area contributed by atoms with Gasteiger partial charge in [-0.05, 0) is 32.9 Å². The van der Waals surface area contributed by atoms with Gasteiger partial charge in [-0.15, -0.1) is 6.58 Å². The molecule has 0 saturated carbocycles. The maximum atomic E-state index is 12.1. The minimum Gasteiger partial charge on any atom is -0.489 e. The maximum Gasteiger partial charge on any atom is 0.431 e. The van der Waals surface area contributed by atoms with Crippen LogP contribution in [-0.2, 0) is 4.74 Å². The van der Waals surface area contributed by atoms with Gasteiger partial charge in [0.25, 0.3) is 0 Å². The Morgan fingerprint density at radius 3 is 2.57 bits per heavy atom. The van der Waals surface area contributed by atoms with E-state index in [0.717, 1.165) is 5.56 Å². The monoisotopic (exact) mass is 316 g/mol. The van der Waals surface area contributed by atoms with Crippen molar-refractivity contribution in [2.75, 3.05) is 13.2 Å². The van der Waals surface area contributed by atoms with E-state index in [2.05, 4.69) is 18.3 Å². The lowest BCUT2D eigenvalue weighted by molar-refractivity contribution is 0.0277. The standard InChI is InChI=1S/C18H24N2O3/c1-6-12-20(17(21)23-18(3,4)5)19-14-15-10-8-9-11-16(15)22-13-7-2/h6-11,14H,1-2,12-13H2,3-5H3/b19-14+. The zero-order valence-corrected chi connectivity index (χ0v) is 14.0. The van der Waals surface area contributed by atoms with Gasteiger partial charge in [-0.3, -0.25) is 0 Å². The number of carbonyl (C=O) groups excluding carboxylic acids is 1. The molecule has 0 unspecified atom stereocenters. The summed E-state index contributed by atoms with van der Waals surface area (Å²) in [6.07, 6.45) is 4.28. The summed E-state index contributed by atoms with van der Waals surface area (Å²) >= 11 is 0. The number of para-hydroxylation sites is 1. The highest BCUT2D eigenvalue weighted by Gasteiger charge is 2.20. The molecule has 23 heavy (non-hydrogen) atoms. The number of ether oxygens (including phenoxy) is 2. The first-order valence-electron chi connectivity index (χ1n) is 7.35. The lowest BCUT2D eigenvalue weighted by Gasteiger charge is -2.23. The average molecular weight is 316 g/mol. The van der Waals surface area contributed by atoms with Gasteiger partial charge in [0, 0.05) is 5.56 Å². The Hall–Kier alpha value is -2.56. The summed E-state index contributed by atoms with van der Waals surface area (Å²) < 4.78 is 10.9. The molecule has 0 heterocycles. The molecule has 1 rings (SSSR count). The fraction of sp³-hybridized carbons (Fsp3) is 0.333. The number of amides is 1. The van der Waals surface area contributed by atoms with E-state index in [4.69, 9.17) is 9.47 Å². The molecule has 0 fully saturated rings. The Bertz CT molecular complexity index is 574. The molecule has 0 spiro atoms. The number of hydrogen-bond donors (Lipinski definition) is 0. The minimum atomic E-state index is -0.586. The van der Waals surface area contributed by atoms with Crippen LogP contribution in [0.4, 0.5) is 4.79 Å². The van der Waals surface area contributed by atoms with E-state index in [1.54, 1.807) is 39.1 Å². The van der Waals surface area contributed by atoms with Crippen molar-refractivity contribution in [3.63, 3.8) is 0 Å². The van der Waals surface area contributed by atoms with Crippen LogP contribution in [0.15, 0.2) is 54.7 Å². The molecule has 0 bridgehead atoms. The number of carbonyl (C=O) groups is 1. The Morgan fingerprint density at radius 2 is 1.96 bits per heavy atom. The van der Waals surface area contributed by atoms with Crippen molar-refractivity contribution in [1.82, 2.24) is 5.01 Å². The molecule has 0 aliphatic heterocycles. The lowest BCUT2D eigenvalue weighted by Crippen LogP contribution is -2.33. The molecule has 1 aromatic rings. The van der Waals surface area contributed by atoms with Gasteiger partial charge < -0.3 is 9.47 Å². The quantitative estimate of drug-likeness (QED) is 0.434. The highest BCUT2D eigenvalue weighted by molar-refractivity contribution is 5.84. The van der Waals surface area contributed by atoms with E-state index in [9.17, 15) is 4.79 Å². The number of hydrazone groups is 1. The summed E-state index contributed by atoms with van der Waals surface area (Å²) in [4.78, 5) is 12.1. The predicted molar refractivity (Wildman–Crippen MR) is 92.9 cm³/mol. The summed E-state index contributed by atoms with van der Waals surface area (Å²) in [5.41, 5.74) is 0.170. The Labute approximate surface area is 137 Å². The van der Waals surface area contributed by atoms with Gasteiger partial charge in [-0.2, -0.15) is 10.1 Å². The summed E-state index contributed by atoms with van der Waals surface area (Å²) in [6.45, 7) is 13.3. The first-order chi connectivity index (χ1) is 10.9. The van der Waals surface area contributed by atoms with E-state index in [1.807, 2.05) is 24.3 Å². The summed E-state index contributed by atoms with van der Waals surface area (Å²) in [7, 11) is 0. The third kappa shape index (κ3) is 6.82. The largest absolute Gasteiger partial charge is 0.489 e. The molecule has 0 saturated heterocycles. The summed E-state index contributed by atoms with van der Waals surface area (Å²) in [5.74, 6) is 0.666. The van der Waals surface area contributed by atoms with Crippen LogP contribution in [0.3, 0.4) is 0 Å². The molecule has 0 radical (unpaired) electrons. The van der Waals surface area contributed by atoms with Crippen molar-refractivity contribution in [3.8, 4) is 5.75 Å². The maximum absolute atomic E-state index is 12.1. The smallest absolute Gasteiger partial charge is 0.431 e. The van der Waals surface area contributed by atoms with Crippen LogP contribution in [0.5, 0.6) is 5.75 Å². The lowest BCUT2D eigenvalue weighted by atomic mass is 10.2. The molecule has 0 aromatic heterocycles. The van der Waals surface area contributed by atoms with Crippen LogP contribution in [0.1, 0.15) is 26.3 Å². The minimum absolute atomic E-state index is 0.251. The first-order valence-corrected chi connectivity index (χ1v) is 7.35. The second-order valence-electron chi connectivity index (χ2n) is 5.73. The molecule has 0 N–H and O–H groups in total. The number of rotatable bonds is 7. The fourth-order valence-corrected chi connectivity index (χ4v) is 1.60. The number of hydrogen-bond acceptors (Lipinski definition) is 4. The van der Waals surface area contributed by atoms with Gasteiger partial charge in [0.1, 0.15) is 18.0 Å². The molecule has 0 aliphatic rings. The molecular formula is C18H24N2O3. The Morgan fingerprint density at radius 1 is 1.26 bits per heavy atom.